The van der Waals surface area contributed by atoms with Gasteiger partial charge in [-0.05, 0) is 85.3 Å². The average molecular weight is 1010 g/mol. The Bertz CT molecular complexity index is 3230. The lowest BCUT2D eigenvalue weighted by atomic mass is 10.1. The number of aromatic nitrogens is 9. The molecule has 20 nitrogen and oxygen atoms in total. The van der Waals surface area contributed by atoms with Gasteiger partial charge in [0.1, 0.15) is 18.2 Å². The Labute approximate surface area is 412 Å². The molecule has 0 bridgehead atoms. The molecule has 1 fully saturated rings. The summed E-state index contributed by atoms with van der Waals surface area (Å²) < 4.78 is 15.9. The van der Waals surface area contributed by atoms with Crippen LogP contribution in [0, 0.1) is 13.8 Å². The molecule has 1 aliphatic heterocycles. The third-order valence-electron chi connectivity index (χ3n) is 12.3. The second-order valence-electron chi connectivity index (χ2n) is 17.5. The molecule has 1 aliphatic rings. The quantitative estimate of drug-likeness (QED) is 0.0711. The van der Waals surface area contributed by atoms with Crippen LogP contribution in [0.1, 0.15) is 17.0 Å². The molecule has 362 valence electrons. The molecule has 70 heavy (non-hydrogen) atoms. The minimum absolute atomic E-state index is 0.0614. The maximum Gasteiger partial charge on any atom is 0.410 e. The first kappa shape index (κ1) is 47.3. The standard InChI is InChI=1S/C49H55BrN16O4/c1-29-21-36-37(22-30(29)2)55-43(54-36)26-52-47-60-48(59-44-34(50)25-53-66(44)47)64-17-19-65(20-18-64)49(68)70-28-31(3)45(67)56-38-23-39(42(69-8)24-41(38)62(6)16-15-61(4)5)58-46-51-14-13-35(57-46)33-27-63(7)40-12-10-9-11-32(33)40/h9-14,21-25,27H,3,15-20,26,28H2,1-2,4-8H3,(H,54,55)(H,56,67)(H,51,57,58)(H,52,59,60). The van der Waals surface area contributed by atoms with Gasteiger partial charge in [0.05, 0.1) is 58.1 Å². The number of H-pyrrole nitrogens is 1. The van der Waals surface area contributed by atoms with Crippen LogP contribution in [0.5, 0.6) is 5.75 Å². The first-order valence-corrected chi connectivity index (χ1v) is 23.5. The maximum absolute atomic E-state index is 13.8. The maximum atomic E-state index is 13.8. The molecule has 1 saturated heterocycles. The smallest absolute Gasteiger partial charge is 0.410 e. The van der Waals surface area contributed by atoms with E-state index in [2.05, 4.69) is 101 Å². The lowest BCUT2D eigenvalue weighted by Gasteiger charge is -2.34. The van der Waals surface area contributed by atoms with Gasteiger partial charge in [0.15, 0.2) is 5.65 Å². The molecule has 9 rings (SSSR count). The fraction of sp³-hybridized carbons (Fsp3) is 0.306. The van der Waals surface area contributed by atoms with Crippen molar-refractivity contribution >= 4 is 90.4 Å². The van der Waals surface area contributed by atoms with Crippen molar-refractivity contribution in [2.45, 2.75) is 20.4 Å². The number of piperazine rings is 1. The number of ether oxygens (including phenoxy) is 2. The van der Waals surface area contributed by atoms with Crippen LogP contribution in [0.15, 0.2) is 89.8 Å². The first-order chi connectivity index (χ1) is 33.7. The van der Waals surface area contributed by atoms with Crippen molar-refractivity contribution in [1.82, 2.24) is 53.9 Å². The van der Waals surface area contributed by atoms with Crippen LogP contribution in [-0.4, -0.2) is 140 Å². The number of aromatic amines is 1. The first-order valence-electron chi connectivity index (χ1n) is 22.7. The Morgan fingerprint density at radius 3 is 2.51 bits per heavy atom. The number of aryl methyl sites for hydroxylation is 3. The van der Waals surface area contributed by atoms with Crippen LogP contribution >= 0.6 is 15.9 Å². The Hall–Kier alpha value is -7.78. The van der Waals surface area contributed by atoms with Crippen LogP contribution in [0.25, 0.3) is 38.8 Å². The molecule has 4 N–H and O–H groups in total. The van der Waals surface area contributed by atoms with Gasteiger partial charge in [0.2, 0.25) is 17.8 Å². The zero-order valence-corrected chi connectivity index (χ0v) is 41.8. The van der Waals surface area contributed by atoms with E-state index in [1.165, 1.54) is 11.1 Å². The summed E-state index contributed by atoms with van der Waals surface area (Å²) >= 11 is 3.57. The van der Waals surface area contributed by atoms with Crippen LogP contribution in [0.3, 0.4) is 0 Å². The van der Waals surface area contributed by atoms with Gasteiger partial charge in [0, 0.05) is 93.9 Å². The molecule has 6 heterocycles. The summed E-state index contributed by atoms with van der Waals surface area (Å²) in [6, 6.07) is 17.8. The van der Waals surface area contributed by atoms with Gasteiger partial charge in [-0.3, -0.25) is 4.79 Å². The van der Waals surface area contributed by atoms with Crippen molar-refractivity contribution in [3.63, 3.8) is 0 Å². The Kier molecular flexibility index (Phi) is 13.5. The molecule has 21 heteroatoms. The van der Waals surface area contributed by atoms with E-state index >= 15 is 0 Å². The monoisotopic (exact) mass is 1010 g/mol. The number of hydrogen-bond acceptors (Lipinski definition) is 15. The fourth-order valence-electron chi connectivity index (χ4n) is 8.23. The minimum Gasteiger partial charge on any atom is -0.494 e. The predicted molar refractivity (Wildman–Crippen MR) is 276 cm³/mol. The number of benzene rings is 3. The highest BCUT2D eigenvalue weighted by molar-refractivity contribution is 9.10. The molecule has 2 amide bonds. The van der Waals surface area contributed by atoms with Gasteiger partial charge in [-0.2, -0.15) is 19.6 Å². The van der Waals surface area contributed by atoms with Gasteiger partial charge >= 0.3 is 6.09 Å². The molecular weight excluding hydrogens is 957 g/mol. The molecular formula is C49H55BrN16O4. The highest BCUT2D eigenvalue weighted by Crippen LogP contribution is 2.39. The Morgan fingerprint density at radius 2 is 1.73 bits per heavy atom. The number of amides is 2. The number of imidazole rings is 1. The number of halogens is 1. The van der Waals surface area contributed by atoms with E-state index in [-0.39, 0.29) is 12.2 Å². The normalized spacial score (nSPS) is 12.8. The van der Waals surface area contributed by atoms with Crippen molar-refractivity contribution < 1.29 is 19.1 Å². The number of nitrogens with one attached hydrogen (secondary N) is 4. The summed E-state index contributed by atoms with van der Waals surface area (Å²) in [6.45, 7) is 11.2. The largest absolute Gasteiger partial charge is 0.494 e. The number of para-hydroxylation sites is 1. The Balaban J connectivity index is 0.844. The summed E-state index contributed by atoms with van der Waals surface area (Å²) in [7, 11) is 9.53. The van der Waals surface area contributed by atoms with Crippen molar-refractivity contribution in [1.29, 1.82) is 0 Å². The number of hydrogen-bond donors (Lipinski definition) is 4. The van der Waals surface area contributed by atoms with Crippen molar-refractivity contribution in [3.05, 3.63) is 107 Å². The van der Waals surface area contributed by atoms with Crippen LogP contribution in [-0.2, 0) is 23.1 Å². The highest BCUT2D eigenvalue weighted by Gasteiger charge is 2.27. The molecule has 3 aromatic carbocycles. The van der Waals surface area contributed by atoms with Gasteiger partial charge < -0.3 is 54.6 Å². The number of anilines is 6. The number of rotatable bonds is 16. The van der Waals surface area contributed by atoms with Gasteiger partial charge in [-0.1, -0.05) is 24.8 Å². The fourth-order valence-corrected chi connectivity index (χ4v) is 8.58. The van der Waals surface area contributed by atoms with E-state index in [1.54, 1.807) is 35.0 Å². The summed E-state index contributed by atoms with van der Waals surface area (Å²) in [5, 5.41) is 15.2. The van der Waals surface area contributed by atoms with Gasteiger partial charge in [-0.15, -0.1) is 0 Å². The number of likely N-dealkylation sites (N-methyl/N-ethyl adjacent to an activating group) is 2. The molecule has 0 unspecified atom stereocenters. The zero-order chi connectivity index (χ0) is 49.2. The van der Waals surface area contributed by atoms with Crippen LogP contribution in [0.4, 0.5) is 39.7 Å². The molecule has 0 radical (unpaired) electrons. The van der Waals surface area contributed by atoms with E-state index in [4.69, 9.17) is 29.4 Å². The van der Waals surface area contributed by atoms with E-state index < -0.39 is 12.0 Å². The molecule has 0 atom stereocenters. The third-order valence-corrected chi connectivity index (χ3v) is 12.9. The van der Waals surface area contributed by atoms with Crippen molar-refractivity contribution in [3.8, 4) is 17.0 Å². The third kappa shape index (κ3) is 10.0. The van der Waals surface area contributed by atoms with E-state index in [0.29, 0.717) is 90.0 Å². The zero-order valence-electron chi connectivity index (χ0n) is 40.2. The lowest BCUT2D eigenvalue weighted by molar-refractivity contribution is -0.113. The minimum atomic E-state index is -0.562. The second kappa shape index (κ2) is 20.1. The molecule has 0 saturated carbocycles. The van der Waals surface area contributed by atoms with E-state index in [9.17, 15) is 9.59 Å². The summed E-state index contributed by atoms with van der Waals surface area (Å²) in [6.07, 6.45) is 4.86. The van der Waals surface area contributed by atoms with Gasteiger partial charge in [-0.25, -0.2) is 19.7 Å². The number of nitrogens with zero attached hydrogens (tertiary/aromatic N) is 12. The summed E-state index contributed by atoms with van der Waals surface area (Å²) in [4.78, 5) is 62.1. The molecule has 0 aliphatic carbocycles. The number of carbonyl (C=O) groups excluding carboxylic acids is 2. The lowest BCUT2D eigenvalue weighted by Crippen LogP contribution is -2.49. The van der Waals surface area contributed by atoms with Crippen molar-refractivity contribution in [2.75, 3.05) is 99.9 Å². The molecule has 0 spiro atoms. The predicted octanol–water partition coefficient (Wildman–Crippen LogP) is 7.14. The number of fused-ring (bicyclic) bond motifs is 3. The molecule has 8 aromatic rings. The number of carbonyl (C=O) groups is 2. The second-order valence-corrected chi connectivity index (χ2v) is 18.4. The SMILES string of the molecule is C=C(COC(=O)N1CCN(c2nc(NCc3nc4cc(C)c(C)cc4[nH]3)n3ncc(Br)c3n2)CC1)C(=O)Nc1cc(Nc2nccc(-c3cn(C)c4ccccc34)n2)c(OC)cc1N(C)CCN(C)C. The van der Waals surface area contributed by atoms with Crippen LogP contribution in [0.2, 0.25) is 0 Å². The topological polar surface area (TPSA) is 204 Å². The van der Waals surface area contributed by atoms with Crippen molar-refractivity contribution in [2.24, 2.45) is 7.05 Å². The number of methoxy groups -OCH3 is 1. The van der Waals surface area contributed by atoms with Crippen LogP contribution < -0.4 is 30.5 Å². The van der Waals surface area contributed by atoms with E-state index in [0.717, 1.165) is 45.6 Å². The summed E-state index contributed by atoms with van der Waals surface area (Å²) in [5.41, 5.74) is 9.40. The highest BCUT2D eigenvalue weighted by atomic mass is 79.9. The summed E-state index contributed by atoms with van der Waals surface area (Å²) in [5.74, 6) is 2.07. The van der Waals surface area contributed by atoms with E-state index in [1.807, 2.05) is 68.5 Å². The average Bonchev–Trinajstić information content (AvgIpc) is 4.05. The van der Waals surface area contributed by atoms with Gasteiger partial charge in [0.25, 0.3) is 5.91 Å². The molecule has 5 aromatic heterocycles. The Morgan fingerprint density at radius 1 is 0.943 bits per heavy atom.